The van der Waals surface area contributed by atoms with E-state index >= 15 is 0 Å². The minimum Gasteiger partial charge on any atom is -0.495 e. The Morgan fingerprint density at radius 1 is 1.07 bits per heavy atom. The molecule has 0 radical (unpaired) electrons. The van der Waals surface area contributed by atoms with E-state index in [4.69, 9.17) is 4.74 Å². The van der Waals surface area contributed by atoms with E-state index in [-0.39, 0.29) is 11.7 Å². The molecule has 1 amide bonds. The van der Waals surface area contributed by atoms with Crippen LogP contribution in [0.15, 0.2) is 72.8 Å². The maximum absolute atomic E-state index is 13.6. The molecule has 0 heterocycles. The van der Waals surface area contributed by atoms with Gasteiger partial charge in [-0.25, -0.2) is 4.39 Å². The highest BCUT2D eigenvalue weighted by Gasteiger charge is 2.30. The van der Waals surface area contributed by atoms with Gasteiger partial charge in [-0.1, -0.05) is 48.5 Å². The number of rotatable bonds is 7. The predicted molar refractivity (Wildman–Crippen MR) is 113 cm³/mol. The largest absolute Gasteiger partial charge is 0.495 e. The molecular weight excluding hydrogens is 367 g/mol. The lowest BCUT2D eigenvalue weighted by Crippen LogP contribution is -3.09. The third kappa shape index (κ3) is 5.21. The van der Waals surface area contributed by atoms with Crippen LogP contribution in [0.5, 0.6) is 5.75 Å². The zero-order valence-electron chi connectivity index (χ0n) is 16.9. The molecule has 2 atom stereocenters. The highest BCUT2D eigenvalue weighted by Crippen LogP contribution is 2.26. The summed E-state index contributed by atoms with van der Waals surface area (Å²) in [5.74, 6) is 0.188. The Bertz CT molecular complexity index is 976. The van der Waals surface area contributed by atoms with Crippen molar-refractivity contribution >= 4 is 11.6 Å². The molecule has 4 nitrogen and oxygen atoms in total. The van der Waals surface area contributed by atoms with Gasteiger partial charge in [0, 0.05) is 11.1 Å². The number of hydrogen-bond acceptors (Lipinski definition) is 2. The van der Waals surface area contributed by atoms with Gasteiger partial charge >= 0.3 is 0 Å². The smallest absolute Gasteiger partial charge is 0.287 e. The molecule has 0 saturated carbocycles. The first-order valence-corrected chi connectivity index (χ1v) is 9.55. The van der Waals surface area contributed by atoms with Crippen molar-refractivity contribution in [2.75, 3.05) is 19.5 Å². The number of carbonyl (C=O) groups is 1. The van der Waals surface area contributed by atoms with Crippen molar-refractivity contribution in [1.29, 1.82) is 0 Å². The zero-order valence-corrected chi connectivity index (χ0v) is 16.9. The van der Waals surface area contributed by atoms with E-state index in [9.17, 15) is 9.18 Å². The summed E-state index contributed by atoms with van der Waals surface area (Å²) in [5.41, 5.74) is 3.39. The van der Waals surface area contributed by atoms with Gasteiger partial charge in [0.25, 0.3) is 5.91 Å². The second-order valence-corrected chi connectivity index (χ2v) is 7.19. The Kier molecular flexibility index (Phi) is 6.62. The second-order valence-electron chi connectivity index (χ2n) is 7.19. The first-order valence-electron chi connectivity index (χ1n) is 9.55. The molecule has 3 aromatic rings. The first-order chi connectivity index (χ1) is 14.0. The van der Waals surface area contributed by atoms with Gasteiger partial charge in [0.1, 0.15) is 18.1 Å². The van der Waals surface area contributed by atoms with Gasteiger partial charge in [-0.15, -0.1) is 0 Å². The summed E-state index contributed by atoms with van der Waals surface area (Å²) >= 11 is 0. The van der Waals surface area contributed by atoms with E-state index in [1.807, 2.05) is 68.6 Å². The Hall–Kier alpha value is -3.18. The van der Waals surface area contributed by atoms with Gasteiger partial charge in [-0.2, -0.15) is 0 Å². The van der Waals surface area contributed by atoms with Gasteiger partial charge in [0.2, 0.25) is 0 Å². The average Bonchev–Trinajstić information content (AvgIpc) is 2.69. The lowest BCUT2D eigenvalue weighted by molar-refractivity contribution is -0.915. The molecule has 0 bridgehead atoms. The van der Waals surface area contributed by atoms with E-state index in [0.29, 0.717) is 18.0 Å². The van der Waals surface area contributed by atoms with Crippen molar-refractivity contribution in [3.8, 4) is 5.75 Å². The number of benzene rings is 3. The molecule has 1 unspecified atom stereocenters. The van der Waals surface area contributed by atoms with Crippen LogP contribution in [0.1, 0.15) is 22.7 Å². The minimum atomic E-state index is -0.468. The number of carbonyl (C=O) groups excluding carboxylic acids is 1. The Morgan fingerprint density at radius 2 is 1.83 bits per heavy atom. The number of nitrogens with one attached hydrogen (secondary N) is 2. The molecule has 0 aliphatic heterocycles. The maximum Gasteiger partial charge on any atom is 0.287 e. The molecule has 3 rings (SSSR count). The number of quaternary nitrogens is 1. The summed E-state index contributed by atoms with van der Waals surface area (Å²) in [6.07, 6.45) is 0. The number of likely N-dealkylation sites (N-methyl/N-ethyl adjacent to an activating group) is 1. The molecule has 0 spiro atoms. The summed E-state index contributed by atoms with van der Waals surface area (Å²) in [7, 11) is 3.52. The summed E-state index contributed by atoms with van der Waals surface area (Å²) in [4.78, 5) is 14.3. The van der Waals surface area contributed by atoms with E-state index in [1.54, 1.807) is 13.2 Å². The zero-order chi connectivity index (χ0) is 20.8. The predicted octanol–water partition coefficient (Wildman–Crippen LogP) is 3.54. The lowest BCUT2D eigenvalue weighted by Gasteiger charge is -2.25. The third-order valence-electron chi connectivity index (χ3n) is 4.87. The van der Waals surface area contributed by atoms with E-state index in [0.717, 1.165) is 21.6 Å². The van der Waals surface area contributed by atoms with E-state index < -0.39 is 6.04 Å². The number of hydrogen-bond donors (Lipinski definition) is 2. The third-order valence-corrected chi connectivity index (χ3v) is 4.87. The van der Waals surface area contributed by atoms with Crippen molar-refractivity contribution < 1.29 is 18.8 Å². The van der Waals surface area contributed by atoms with Gasteiger partial charge in [0.05, 0.1) is 19.8 Å². The fourth-order valence-electron chi connectivity index (χ4n) is 3.50. The molecule has 29 heavy (non-hydrogen) atoms. The minimum absolute atomic E-state index is 0.144. The van der Waals surface area contributed by atoms with Gasteiger partial charge in [-0.3, -0.25) is 4.79 Å². The molecule has 0 saturated heterocycles. The van der Waals surface area contributed by atoms with Crippen molar-refractivity contribution in [2.24, 2.45) is 0 Å². The van der Waals surface area contributed by atoms with Crippen molar-refractivity contribution in [3.63, 3.8) is 0 Å². The van der Waals surface area contributed by atoms with Crippen LogP contribution in [0.25, 0.3) is 0 Å². The molecule has 0 aliphatic carbocycles. The summed E-state index contributed by atoms with van der Waals surface area (Å²) in [6, 6.07) is 21.3. The number of methoxy groups -OCH3 is 1. The fraction of sp³-hybridized carbons (Fsp3) is 0.208. The molecule has 2 N–H and O–H groups in total. The van der Waals surface area contributed by atoms with Crippen LogP contribution >= 0.6 is 0 Å². The summed E-state index contributed by atoms with van der Waals surface area (Å²) < 4.78 is 19.0. The number of halogens is 1. The Labute approximate surface area is 170 Å². The monoisotopic (exact) mass is 393 g/mol. The first kappa shape index (κ1) is 20.6. The lowest BCUT2D eigenvalue weighted by atomic mass is 10.0. The topological polar surface area (TPSA) is 42.8 Å². The van der Waals surface area contributed by atoms with Gasteiger partial charge < -0.3 is 15.0 Å². The molecule has 0 aliphatic rings. The van der Waals surface area contributed by atoms with Crippen LogP contribution in [0.4, 0.5) is 10.1 Å². The van der Waals surface area contributed by atoms with Crippen molar-refractivity contribution in [3.05, 3.63) is 95.3 Å². The van der Waals surface area contributed by atoms with Crippen LogP contribution in [0, 0.1) is 12.7 Å². The van der Waals surface area contributed by atoms with Gasteiger partial charge in [-0.05, 0) is 36.8 Å². The second kappa shape index (κ2) is 9.34. The molecule has 0 fully saturated rings. The number of aryl methyl sites for hydroxylation is 1. The van der Waals surface area contributed by atoms with E-state index in [2.05, 4.69) is 5.32 Å². The Morgan fingerprint density at radius 3 is 2.52 bits per heavy atom. The fourth-order valence-corrected chi connectivity index (χ4v) is 3.50. The van der Waals surface area contributed by atoms with Crippen LogP contribution in [-0.4, -0.2) is 20.1 Å². The molecule has 0 aromatic heterocycles. The normalized spacial score (nSPS) is 12.8. The Balaban J connectivity index is 1.89. The molecule has 5 heteroatoms. The molecule has 3 aromatic carbocycles. The van der Waals surface area contributed by atoms with Crippen molar-refractivity contribution in [2.45, 2.75) is 19.5 Å². The summed E-state index contributed by atoms with van der Waals surface area (Å²) in [5, 5.41) is 3.02. The van der Waals surface area contributed by atoms with Crippen LogP contribution in [0.3, 0.4) is 0 Å². The quantitative estimate of drug-likeness (QED) is 0.645. The van der Waals surface area contributed by atoms with Crippen molar-refractivity contribution in [1.82, 2.24) is 0 Å². The number of anilines is 1. The molecule has 150 valence electrons. The maximum atomic E-state index is 13.6. The van der Waals surface area contributed by atoms with E-state index in [1.165, 1.54) is 12.1 Å². The highest BCUT2D eigenvalue weighted by atomic mass is 19.1. The number of amides is 1. The highest BCUT2D eigenvalue weighted by molar-refractivity contribution is 5.96. The van der Waals surface area contributed by atoms with Crippen LogP contribution in [0.2, 0.25) is 0 Å². The standard InChI is InChI=1S/C24H25FN2O2/c1-17-12-13-22(29-3)21(14-17)26-24(28)23(19-9-5-4-6-10-19)27(2)16-18-8-7-11-20(25)15-18/h4-15,23H,16H2,1-3H3,(H,26,28)/p+1/t23-/m1/s1. The SMILES string of the molecule is COc1ccc(C)cc1NC(=O)[C@@H](c1ccccc1)[NH+](C)Cc1cccc(F)c1. The average molecular weight is 393 g/mol. The van der Waals surface area contributed by atoms with Crippen LogP contribution < -0.4 is 15.0 Å². The number of ether oxygens (including phenoxy) is 1. The molecular formula is C24H26FN2O2+. The van der Waals surface area contributed by atoms with Gasteiger partial charge in [0.15, 0.2) is 6.04 Å². The summed E-state index contributed by atoms with van der Waals surface area (Å²) in [6.45, 7) is 2.47. The van der Waals surface area contributed by atoms with Crippen LogP contribution in [-0.2, 0) is 11.3 Å².